The number of halogens is 1. The molecule has 1 aromatic carbocycles. The van der Waals surface area contributed by atoms with Crippen LogP contribution in [0.4, 0.5) is 5.69 Å². The maximum Gasteiger partial charge on any atom is 0.0642 e. The average Bonchev–Trinajstić information content (AvgIpc) is 2.29. The highest BCUT2D eigenvalue weighted by Gasteiger charge is 2.21. The van der Waals surface area contributed by atoms with E-state index in [4.69, 9.17) is 11.6 Å². The van der Waals surface area contributed by atoms with Gasteiger partial charge in [-0.2, -0.15) is 0 Å². The molecule has 0 aromatic heterocycles. The normalized spacial score (nSPS) is 17.8. The molecule has 1 aliphatic heterocycles. The van der Waals surface area contributed by atoms with Crippen LogP contribution in [0.1, 0.15) is 18.4 Å². The number of benzene rings is 1. The summed E-state index contributed by atoms with van der Waals surface area (Å²) >= 11 is 6.31. The van der Waals surface area contributed by atoms with E-state index in [1.165, 1.54) is 24.1 Å². The lowest BCUT2D eigenvalue weighted by Crippen LogP contribution is -2.42. The van der Waals surface area contributed by atoms with Gasteiger partial charge in [-0.3, -0.25) is 0 Å². The molecule has 0 saturated carbocycles. The highest BCUT2D eigenvalue weighted by Crippen LogP contribution is 2.29. The Bertz CT molecular complexity index is 382. The molecule has 17 heavy (non-hydrogen) atoms. The minimum Gasteiger partial charge on any atom is -0.370 e. The first-order valence-electron chi connectivity index (χ1n) is 6.25. The summed E-state index contributed by atoms with van der Waals surface area (Å²) in [4.78, 5) is 4.73. The summed E-state index contributed by atoms with van der Waals surface area (Å²) in [5, 5.41) is 0.883. The van der Waals surface area contributed by atoms with Gasteiger partial charge in [-0.15, -0.1) is 0 Å². The SMILES string of the molecule is Cc1ccc(N2CCC(N(C)C)CC2)c(Cl)c1. The predicted molar refractivity (Wildman–Crippen MR) is 75.1 cm³/mol. The molecule has 0 spiro atoms. The maximum atomic E-state index is 6.31. The van der Waals surface area contributed by atoms with Crippen molar-refractivity contribution in [2.75, 3.05) is 32.1 Å². The quantitative estimate of drug-likeness (QED) is 0.798. The Morgan fingerprint density at radius 3 is 2.41 bits per heavy atom. The zero-order chi connectivity index (χ0) is 12.4. The van der Waals surface area contributed by atoms with Gasteiger partial charge >= 0.3 is 0 Å². The summed E-state index contributed by atoms with van der Waals surface area (Å²) in [5.41, 5.74) is 2.41. The number of nitrogens with zero attached hydrogens (tertiary/aromatic N) is 2. The molecule has 0 bridgehead atoms. The second kappa shape index (κ2) is 5.28. The molecule has 1 aliphatic rings. The molecule has 0 N–H and O–H groups in total. The smallest absolute Gasteiger partial charge is 0.0642 e. The zero-order valence-electron chi connectivity index (χ0n) is 10.9. The molecule has 1 saturated heterocycles. The molecule has 0 atom stereocenters. The van der Waals surface area contributed by atoms with Crippen LogP contribution >= 0.6 is 11.6 Å². The fourth-order valence-corrected chi connectivity index (χ4v) is 2.85. The van der Waals surface area contributed by atoms with Crippen LogP contribution in [0, 0.1) is 6.92 Å². The monoisotopic (exact) mass is 252 g/mol. The van der Waals surface area contributed by atoms with Crippen LogP contribution in [-0.4, -0.2) is 38.1 Å². The third kappa shape index (κ3) is 2.93. The van der Waals surface area contributed by atoms with E-state index < -0.39 is 0 Å². The summed E-state index contributed by atoms with van der Waals surface area (Å²) in [6.07, 6.45) is 2.44. The number of rotatable bonds is 2. The van der Waals surface area contributed by atoms with E-state index in [1.807, 2.05) is 0 Å². The lowest BCUT2D eigenvalue weighted by molar-refractivity contribution is 0.249. The zero-order valence-corrected chi connectivity index (χ0v) is 11.7. The molecule has 2 rings (SSSR count). The first kappa shape index (κ1) is 12.7. The first-order chi connectivity index (χ1) is 8.08. The highest BCUT2D eigenvalue weighted by molar-refractivity contribution is 6.33. The fraction of sp³-hybridized carbons (Fsp3) is 0.571. The van der Waals surface area contributed by atoms with Crippen molar-refractivity contribution in [1.82, 2.24) is 4.90 Å². The van der Waals surface area contributed by atoms with Gasteiger partial charge in [0.25, 0.3) is 0 Å². The van der Waals surface area contributed by atoms with Gasteiger partial charge < -0.3 is 9.80 Å². The summed E-state index contributed by atoms with van der Waals surface area (Å²) < 4.78 is 0. The third-order valence-corrected chi connectivity index (χ3v) is 3.94. The molecule has 0 aliphatic carbocycles. The van der Waals surface area contributed by atoms with Crippen LogP contribution in [0.15, 0.2) is 18.2 Å². The third-order valence-electron chi connectivity index (χ3n) is 3.64. The van der Waals surface area contributed by atoms with Gasteiger partial charge in [0.1, 0.15) is 0 Å². The number of hydrogen-bond donors (Lipinski definition) is 0. The molecule has 1 aromatic rings. The average molecular weight is 253 g/mol. The molecule has 0 radical (unpaired) electrons. The Balaban J connectivity index is 2.05. The van der Waals surface area contributed by atoms with Crippen LogP contribution in [-0.2, 0) is 0 Å². The maximum absolute atomic E-state index is 6.31. The van der Waals surface area contributed by atoms with Gasteiger partial charge in [-0.1, -0.05) is 17.7 Å². The standard InChI is InChI=1S/C14H21ClN2/c1-11-4-5-14(13(15)10-11)17-8-6-12(7-9-17)16(2)3/h4-5,10,12H,6-9H2,1-3H3. The van der Waals surface area contributed by atoms with Crippen molar-refractivity contribution < 1.29 is 0 Å². The van der Waals surface area contributed by atoms with Crippen LogP contribution in [0.5, 0.6) is 0 Å². The summed E-state index contributed by atoms with van der Waals surface area (Å²) in [7, 11) is 4.33. The lowest BCUT2D eigenvalue weighted by Gasteiger charge is -2.36. The summed E-state index contributed by atoms with van der Waals surface area (Å²) in [5.74, 6) is 0. The molecule has 2 nitrogen and oxygen atoms in total. The number of hydrogen-bond acceptors (Lipinski definition) is 2. The summed E-state index contributed by atoms with van der Waals surface area (Å²) in [6, 6.07) is 7.05. The van der Waals surface area contributed by atoms with Gasteiger partial charge in [-0.25, -0.2) is 0 Å². The Kier molecular flexibility index (Phi) is 3.95. The molecule has 0 unspecified atom stereocenters. The molecular formula is C14H21ClN2. The van der Waals surface area contributed by atoms with Crippen molar-refractivity contribution >= 4 is 17.3 Å². The Hall–Kier alpha value is -0.730. The van der Waals surface area contributed by atoms with Crippen molar-refractivity contribution in [3.63, 3.8) is 0 Å². The van der Waals surface area contributed by atoms with Crippen molar-refractivity contribution in [1.29, 1.82) is 0 Å². The van der Waals surface area contributed by atoms with E-state index in [2.05, 4.69) is 49.0 Å². The van der Waals surface area contributed by atoms with Gasteiger partial charge in [0.2, 0.25) is 0 Å². The second-order valence-corrected chi connectivity index (χ2v) is 5.54. The van der Waals surface area contributed by atoms with Crippen molar-refractivity contribution in [2.45, 2.75) is 25.8 Å². The van der Waals surface area contributed by atoms with Gasteiger partial charge in [-0.05, 0) is 51.6 Å². The van der Waals surface area contributed by atoms with Crippen molar-refractivity contribution in [3.8, 4) is 0 Å². The number of piperidine rings is 1. The van der Waals surface area contributed by atoms with Crippen molar-refractivity contribution in [3.05, 3.63) is 28.8 Å². The Morgan fingerprint density at radius 1 is 1.24 bits per heavy atom. The summed E-state index contributed by atoms with van der Waals surface area (Å²) in [6.45, 7) is 4.28. The molecular weight excluding hydrogens is 232 g/mol. The lowest BCUT2D eigenvalue weighted by atomic mass is 10.0. The van der Waals surface area contributed by atoms with Crippen LogP contribution < -0.4 is 4.90 Å². The van der Waals surface area contributed by atoms with Gasteiger partial charge in [0.05, 0.1) is 10.7 Å². The van der Waals surface area contributed by atoms with Crippen LogP contribution in [0.3, 0.4) is 0 Å². The van der Waals surface area contributed by atoms with Crippen LogP contribution in [0.25, 0.3) is 0 Å². The topological polar surface area (TPSA) is 6.48 Å². The molecule has 0 amide bonds. The van der Waals surface area contributed by atoms with E-state index in [0.717, 1.165) is 24.2 Å². The molecule has 3 heteroatoms. The van der Waals surface area contributed by atoms with Crippen LogP contribution in [0.2, 0.25) is 5.02 Å². The van der Waals surface area contributed by atoms with E-state index in [-0.39, 0.29) is 0 Å². The highest BCUT2D eigenvalue weighted by atomic mass is 35.5. The first-order valence-corrected chi connectivity index (χ1v) is 6.63. The van der Waals surface area contributed by atoms with E-state index >= 15 is 0 Å². The molecule has 94 valence electrons. The van der Waals surface area contributed by atoms with Gasteiger partial charge in [0.15, 0.2) is 0 Å². The van der Waals surface area contributed by atoms with E-state index in [9.17, 15) is 0 Å². The second-order valence-electron chi connectivity index (χ2n) is 5.14. The van der Waals surface area contributed by atoms with E-state index in [0.29, 0.717) is 0 Å². The van der Waals surface area contributed by atoms with E-state index in [1.54, 1.807) is 0 Å². The minimum absolute atomic E-state index is 0.718. The Labute approximate surface area is 109 Å². The Morgan fingerprint density at radius 2 is 1.88 bits per heavy atom. The minimum atomic E-state index is 0.718. The number of aryl methyl sites for hydroxylation is 1. The molecule has 1 heterocycles. The largest absolute Gasteiger partial charge is 0.370 e. The fourth-order valence-electron chi connectivity index (χ4n) is 2.49. The van der Waals surface area contributed by atoms with Crippen molar-refractivity contribution in [2.24, 2.45) is 0 Å². The number of anilines is 1. The van der Waals surface area contributed by atoms with Gasteiger partial charge in [0, 0.05) is 19.1 Å². The molecule has 1 fully saturated rings. The predicted octanol–water partition coefficient (Wildman–Crippen LogP) is 3.18.